The molecule has 0 spiro atoms. The molecule has 0 heterocycles. The molecule has 0 aliphatic heterocycles. The smallest absolute Gasteiger partial charge is 0.428 e. The van der Waals surface area contributed by atoms with Gasteiger partial charge in [0.25, 0.3) is 0 Å². The molecule has 0 amide bonds. The van der Waals surface area contributed by atoms with Crippen LogP contribution in [0.3, 0.4) is 0 Å². The molecule has 18 heteroatoms. The molecule has 76 heavy (non-hydrogen) atoms. The van der Waals surface area contributed by atoms with E-state index in [1.54, 1.807) is 36.4 Å². The first-order chi connectivity index (χ1) is 36.4. The van der Waals surface area contributed by atoms with Crippen molar-refractivity contribution in [1.29, 1.82) is 0 Å². The Morgan fingerprint density at radius 2 is 0.579 bits per heavy atom. The standard InChI is InChI=1S/C58H70O15Si3/c1-10-74(7,11-2)49-34-22-43(23-35-49)53(59)68-71-56(62)65-46-28-16-40(17-29-46)52(41-18-30-47(31-19-41)66-57(63)72-69-54(60)44-24-36-50(37-25-44)75(8,12-3)13-4)42-20-32-48(33-21-42)67-58(64)73-70-55(61)45-26-38-51(39-27-45)76(9,14-5)15-6/h10-15,22-27,34-42,46-48,52H,1-6,16-21,28-33H2,7-9H3. The van der Waals surface area contributed by atoms with Crippen LogP contribution in [0.5, 0.6) is 0 Å². The molecule has 15 nitrogen and oxygen atoms in total. The summed E-state index contributed by atoms with van der Waals surface area (Å²) in [6, 6.07) is 20.5. The van der Waals surface area contributed by atoms with Crippen LogP contribution in [-0.4, -0.2) is 78.9 Å². The fraction of sp³-hybridized carbons (Fsp3) is 0.379. The van der Waals surface area contributed by atoms with Crippen LogP contribution in [-0.2, 0) is 43.5 Å². The number of carbonyl (C=O) groups excluding carboxylic acids is 6. The zero-order chi connectivity index (χ0) is 55.0. The van der Waals surface area contributed by atoms with Crippen LogP contribution in [0, 0.1) is 23.7 Å². The predicted molar refractivity (Wildman–Crippen MR) is 294 cm³/mol. The Kier molecular flexibility index (Phi) is 20.4. The van der Waals surface area contributed by atoms with Gasteiger partial charge in [0.15, 0.2) is 0 Å². The number of hydrogen-bond acceptors (Lipinski definition) is 15. The van der Waals surface area contributed by atoms with Crippen LogP contribution in [0.25, 0.3) is 0 Å². The second-order valence-corrected chi connectivity index (χ2v) is 32.3. The number of carbonyl (C=O) groups is 6. The van der Waals surface area contributed by atoms with E-state index in [0.717, 1.165) is 54.1 Å². The molecule has 0 radical (unpaired) electrons. The van der Waals surface area contributed by atoms with Gasteiger partial charge in [0.2, 0.25) is 0 Å². The van der Waals surface area contributed by atoms with Crippen LogP contribution in [0.2, 0.25) is 19.6 Å². The van der Waals surface area contributed by atoms with Crippen molar-refractivity contribution in [2.24, 2.45) is 23.7 Å². The average molecular weight is 1090 g/mol. The second-order valence-electron chi connectivity index (χ2n) is 20.5. The Hall–Kier alpha value is -7.03. The lowest BCUT2D eigenvalue weighted by atomic mass is 9.61. The first-order valence-corrected chi connectivity index (χ1v) is 33.8. The van der Waals surface area contributed by atoms with Gasteiger partial charge in [0, 0.05) is 0 Å². The summed E-state index contributed by atoms with van der Waals surface area (Å²) >= 11 is 0. The molecule has 0 N–H and O–H groups in total. The van der Waals surface area contributed by atoms with Crippen molar-refractivity contribution >= 4 is 76.2 Å². The van der Waals surface area contributed by atoms with Gasteiger partial charge in [-0.15, -0.1) is 39.5 Å². The Labute approximate surface area is 448 Å². The van der Waals surface area contributed by atoms with Crippen LogP contribution < -0.4 is 15.6 Å². The largest absolute Gasteiger partial charge is 0.550 e. The number of rotatable bonds is 18. The fourth-order valence-corrected chi connectivity index (χ4v) is 15.2. The molecular formula is C58H70O15Si3. The molecular weight excluding hydrogens is 1020 g/mol. The lowest BCUT2D eigenvalue weighted by Crippen LogP contribution is -2.40. The highest BCUT2D eigenvalue weighted by molar-refractivity contribution is 6.99. The molecule has 0 atom stereocenters. The highest BCUT2D eigenvalue weighted by Gasteiger charge is 2.42. The van der Waals surface area contributed by atoms with Crippen molar-refractivity contribution in [2.45, 2.75) is 115 Å². The highest BCUT2D eigenvalue weighted by Crippen LogP contribution is 2.48. The van der Waals surface area contributed by atoms with E-state index in [1.165, 1.54) is 0 Å². The Balaban J connectivity index is 1.01. The van der Waals surface area contributed by atoms with Crippen molar-refractivity contribution in [2.75, 3.05) is 0 Å². The zero-order valence-corrected chi connectivity index (χ0v) is 46.8. The van der Waals surface area contributed by atoms with E-state index < -0.39 is 78.9 Å². The van der Waals surface area contributed by atoms with Crippen molar-refractivity contribution in [3.8, 4) is 0 Å². The highest BCUT2D eigenvalue weighted by atomic mass is 28.3. The lowest BCUT2D eigenvalue weighted by molar-refractivity contribution is -0.209. The summed E-state index contributed by atoms with van der Waals surface area (Å²) in [6.45, 7) is 29.8. The van der Waals surface area contributed by atoms with Gasteiger partial charge in [-0.05, 0) is 137 Å². The normalized spacial score (nSPS) is 21.0. The average Bonchev–Trinajstić information content (AvgIpc) is 3.46. The van der Waals surface area contributed by atoms with E-state index in [-0.39, 0.29) is 40.4 Å². The van der Waals surface area contributed by atoms with Crippen molar-refractivity contribution in [3.63, 3.8) is 0 Å². The van der Waals surface area contributed by atoms with Crippen LogP contribution >= 0.6 is 0 Å². The molecule has 3 aliphatic rings. The minimum Gasteiger partial charge on any atom is -0.428 e. The van der Waals surface area contributed by atoms with Gasteiger partial charge in [-0.25, -0.2) is 43.7 Å². The third-order valence-electron chi connectivity index (χ3n) is 15.9. The van der Waals surface area contributed by atoms with Gasteiger partial charge in [-0.3, -0.25) is 0 Å². The summed E-state index contributed by atoms with van der Waals surface area (Å²) in [6.07, 6.45) is 3.28. The van der Waals surface area contributed by atoms with Crippen LogP contribution in [0.15, 0.2) is 146 Å². The molecule has 3 aromatic carbocycles. The quantitative estimate of drug-likeness (QED) is 0.0385. The molecule has 0 aromatic heterocycles. The Morgan fingerprint density at radius 1 is 0.368 bits per heavy atom. The van der Waals surface area contributed by atoms with Crippen LogP contribution in [0.1, 0.15) is 108 Å². The number of benzene rings is 3. The maximum absolute atomic E-state index is 12.7. The van der Waals surface area contributed by atoms with Gasteiger partial charge >= 0.3 is 36.4 Å². The van der Waals surface area contributed by atoms with E-state index in [4.69, 9.17) is 43.5 Å². The van der Waals surface area contributed by atoms with E-state index in [0.29, 0.717) is 38.5 Å². The predicted octanol–water partition coefficient (Wildman–Crippen LogP) is 11.3. The summed E-state index contributed by atoms with van der Waals surface area (Å²) in [4.78, 5) is 105. The molecule has 3 aliphatic carbocycles. The maximum Gasteiger partial charge on any atom is 0.550 e. The number of ether oxygens (including phenoxy) is 3. The van der Waals surface area contributed by atoms with Crippen molar-refractivity contribution < 1.29 is 72.3 Å². The fourth-order valence-electron chi connectivity index (χ4n) is 10.6. The van der Waals surface area contributed by atoms with E-state index >= 15 is 0 Å². The maximum atomic E-state index is 12.7. The molecule has 3 fully saturated rings. The number of hydrogen-bond donors (Lipinski definition) is 0. The topological polar surface area (TPSA) is 185 Å². The first-order valence-electron chi connectivity index (χ1n) is 25.8. The van der Waals surface area contributed by atoms with Crippen molar-refractivity contribution in [1.82, 2.24) is 0 Å². The minimum atomic E-state index is -2.08. The zero-order valence-electron chi connectivity index (χ0n) is 43.8. The minimum absolute atomic E-state index is 0.204. The molecule has 3 aromatic rings. The molecule has 0 unspecified atom stereocenters. The monoisotopic (exact) mass is 1090 g/mol. The third-order valence-corrected chi connectivity index (χ3v) is 25.7. The SMILES string of the molecule is C=C[Si](C)(C=C)c1ccc(C(=O)OOC(=O)OC2CCC(C(C3CCC(OC(=O)OOC(=O)c4ccc([Si](C)(C=C)C=C)cc4)CC3)C3CCC(OC(=O)OOC(=O)c4ccc([Si](C)(C=C)C=C)cc4)CC3)CC2)cc1. The van der Waals surface area contributed by atoms with E-state index in [2.05, 4.69) is 59.1 Å². The van der Waals surface area contributed by atoms with Gasteiger partial charge in [0.1, 0.15) is 42.5 Å². The molecule has 404 valence electrons. The van der Waals surface area contributed by atoms with Crippen LogP contribution in [0.4, 0.5) is 14.4 Å². The Morgan fingerprint density at radius 3 is 0.776 bits per heavy atom. The van der Waals surface area contributed by atoms with Gasteiger partial charge < -0.3 is 14.2 Å². The van der Waals surface area contributed by atoms with Crippen molar-refractivity contribution in [3.05, 3.63) is 163 Å². The van der Waals surface area contributed by atoms with Gasteiger partial charge in [0.05, 0.1) is 16.7 Å². The molecule has 3 saturated carbocycles. The van der Waals surface area contributed by atoms with Gasteiger partial charge in [-0.2, -0.15) is 14.4 Å². The molecule has 6 rings (SSSR count). The first kappa shape index (κ1) is 58.2. The third kappa shape index (κ3) is 14.9. The van der Waals surface area contributed by atoms with E-state index in [1.807, 2.05) is 70.6 Å². The lowest BCUT2D eigenvalue weighted by Gasteiger charge is -2.45. The second kappa shape index (κ2) is 26.6. The summed E-state index contributed by atoms with van der Waals surface area (Å²) in [5, 5.41) is 3.03. The van der Waals surface area contributed by atoms with E-state index in [9.17, 15) is 28.8 Å². The summed E-state index contributed by atoms with van der Waals surface area (Å²) < 4.78 is 16.8. The molecule has 0 bridgehead atoms. The summed E-state index contributed by atoms with van der Waals surface area (Å²) in [5.74, 6) is -1.47. The summed E-state index contributed by atoms with van der Waals surface area (Å²) in [7, 11) is -6.25. The summed E-state index contributed by atoms with van der Waals surface area (Å²) in [5.41, 5.74) is 11.9. The van der Waals surface area contributed by atoms with Gasteiger partial charge in [-0.1, -0.05) is 106 Å². The molecule has 0 saturated heterocycles. The Bertz CT molecular complexity index is 2280.